The number of hydrogen-bond acceptors (Lipinski definition) is 3. The van der Waals surface area contributed by atoms with Crippen molar-refractivity contribution in [2.75, 3.05) is 14.1 Å². The van der Waals surface area contributed by atoms with Crippen LogP contribution in [-0.2, 0) is 6.54 Å². The predicted molar refractivity (Wildman–Crippen MR) is 98.9 cm³/mol. The highest BCUT2D eigenvalue weighted by Gasteiger charge is 2.15. The summed E-state index contributed by atoms with van der Waals surface area (Å²) in [7, 11) is 4.01. The van der Waals surface area contributed by atoms with Gasteiger partial charge >= 0.3 is 0 Å². The van der Waals surface area contributed by atoms with Crippen molar-refractivity contribution < 1.29 is 13.6 Å². The number of nitrogens with two attached hydrogens (primary N) is 1. The van der Waals surface area contributed by atoms with Gasteiger partial charge in [-0.25, -0.2) is 4.39 Å². The van der Waals surface area contributed by atoms with Crippen molar-refractivity contribution in [3.8, 4) is 11.3 Å². The standard InChI is InChI=1S/C18H17FN2O2.C2H6/c1-21(2)10-11-3-5-12(6-4-11)16-8-13-7-14(19)9-15(18(20)22)17(13)23-16;1-2/h3-9H,10H2,1-2H3,(H2,20,22);1-2H3. The summed E-state index contributed by atoms with van der Waals surface area (Å²) >= 11 is 0. The summed E-state index contributed by atoms with van der Waals surface area (Å²) in [4.78, 5) is 13.5. The molecule has 3 rings (SSSR count). The van der Waals surface area contributed by atoms with E-state index in [1.807, 2.05) is 52.2 Å². The first kappa shape index (κ1) is 18.7. The van der Waals surface area contributed by atoms with E-state index < -0.39 is 11.7 Å². The zero-order chi connectivity index (χ0) is 18.6. The topological polar surface area (TPSA) is 59.5 Å². The molecule has 0 saturated heterocycles. The molecule has 0 unspecified atom stereocenters. The molecule has 1 amide bonds. The van der Waals surface area contributed by atoms with Gasteiger partial charge in [-0.1, -0.05) is 38.1 Å². The Kier molecular flexibility index (Phi) is 5.93. The van der Waals surface area contributed by atoms with Gasteiger partial charge in [0.15, 0.2) is 0 Å². The highest BCUT2D eigenvalue weighted by atomic mass is 19.1. The molecule has 132 valence electrons. The Morgan fingerprint density at radius 1 is 1.12 bits per heavy atom. The largest absolute Gasteiger partial charge is 0.455 e. The smallest absolute Gasteiger partial charge is 0.252 e. The summed E-state index contributed by atoms with van der Waals surface area (Å²) < 4.78 is 19.3. The SMILES string of the molecule is CC.CN(C)Cc1ccc(-c2cc3cc(F)cc(C(N)=O)c3o2)cc1. The van der Waals surface area contributed by atoms with Gasteiger partial charge < -0.3 is 15.1 Å². The molecule has 25 heavy (non-hydrogen) atoms. The molecule has 4 nitrogen and oxygen atoms in total. The van der Waals surface area contributed by atoms with Gasteiger partial charge in [0, 0.05) is 17.5 Å². The molecule has 0 bridgehead atoms. The molecule has 5 heteroatoms. The number of rotatable bonds is 4. The summed E-state index contributed by atoms with van der Waals surface area (Å²) in [6, 6.07) is 12.0. The van der Waals surface area contributed by atoms with Crippen LogP contribution in [0, 0.1) is 5.82 Å². The lowest BCUT2D eigenvalue weighted by Gasteiger charge is -2.09. The van der Waals surface area contributed by atoms with E-state index >= 15 is 0 Å². The van der Waals surface area contributed by atoms with Gasteiger partial charge in [-0.2, -0.15) is 0 Å². The summed E-state index contributed by atoms with van der Waals surface area (Å²) in [5.41, 5.74) is 7.70. The lowest BCUT2D eigenvalue weighted by molar-refractivity contribution is 0.100. The van der Waals surface area contributed by atoms with Gasteiger partial charge in [0.1, 0.15) is 17.2 Å². The number of carbonyl (C=O) groups excluding carboxylic acids is 1. The minimum absolute atomic E-state index is 0.0514. The number of primary amides is 1. The third kappa shape index (κ3) is 4.25. The van der Waals surface area contributed by atoms with Crippen LogP contribution < -0.4 is 5.73 Å². The molecule has 0 spiro atoms. The normalized spacial score (nSPS) is 10.6. The molecule has 0 aliphatic heterocycles. The summed E-state index contributed by atoms with van der Waals surface area (Å²) in [6.07, 6.45) is 0. The lowest BCUT2D eigenvalue weighted by Crippen LogP contribution is -2.11. The fourth-order valence-electron chi connectivity index (χ4n) is 2.58. The summed E-state index contributed by atoms with van der Waals surface area (Å²) in [5, 5.41) is 0.520. The summed E-state index contributed by atoms with van der Waals surface area (Å²) in [6.45, 7) is 4.84. The molecule has 0 aliphatic rings. The van der Waals surface area contributed by atoms with E-state index in [1.165, 1.54) is 11.6 Å². The molecular formula is C20H23FN2O2. The average Bonchev–Trinajstić information content (AvgIpc) is 2.99. The number of benzene rings is 2. The Balaban J connectivity index is 0.00000109. The molecule has 0 aliphatic carbocycles. The maximum Gasteiger partial charge on any atom is 0.252 e. The van der Waals surface area contributed by atoms with E-state index in [-0.39, 0.29) is 5.56 Å². The van der Waals surface area contributed by atoms with Crippen LogP contribution in [0.3, 0.4) is 0 Å². The van der Waals surface area contributed by atoms with E-state index in [0.717, 1.165) is 18.2 Å². The van der Waals surface area contributed by atoms with Crippen molar-refractivity contribution >= 4 is 16.9 Å². The van der Waals surface area contributed by atoms with E-state index in [2.05, 4.69) is 4.90 Å². The van der Waals surface area contributed by atoms with Crippen LogP contribution in [0.15, 0.2) is 46.9 Å². The maximum atomic E-state index is 13.6. The number of amides is 1. The summed E-state index contributed by atoms with van der Waals surface area (Å²) in [5.74, 6) is -0.652. The Morgan fingerprint density at radius 3 is 2.32 bits per heavy atom. The fraction of sp³-hybridized carbons (Fsp3) is 0.250. The number of carbonyl (C=O) groups is 1. The van der Waals surface area contributed by atoms with Crippen molar-refractivity contribution in [3.63, 3.8) is 0 Å². The van der Waals surface area contributed by atoms with Gasteiger partial charge in [0.2, 0.25) is 0 Å². The lowest BCUT2D eigenvalue weighted by atomic mass is 10.1. The van der Waals surface area contributed by atoms with Gasteiger partial charge in [0.05, 0.1) is 5.56 Å². The van der Waals surface area contributed by atoms with Crippen LogP contribution in [0.5, 0.6) is 0 Å². The average molecular weight is 342 g/mol. The molecule has 0 saturated carbocycles. The fourth-order valence-corrected chi connectivity index (χ4v) is 2.58. The Morgan fingerprint density at radius 2 is 1.76 bits per heavy atom. The number of fused-ring (bicyclic) bond motifs is 1. The second-order valence-corrected chi connectivity index (χ2v) is 5.78. The predicted octanol–water partition coefficient (Wildman–Crippen LogP) is 4.43. The second-order valence-electron chi connectivity index (χ2n) is 5.78. The van der Waals surface area contributed by atoms with Crippen molar-refractivity contribution in [2.45, 2.75) is 20.4 Å². The maximum absolute atomic E-state index is 13.6. The monoisotopic (exact) mass is 342 g/mol. The molecule has 1 aromatic heterocycles. The van der Waals surface area contributed by atoms with E-state index in [4.69, 9.17) is 10.2 Å². The molecule has 0 atom stereocenters. The first-order valence-electron chi connectivity index (χ1n) is 8.21. The van der Waals surface area contributed by atoms with Crippen LogP contribution in [0.4, 0.5) is 4.39 Å². The Hall–Kier alpha value is -2.66. The van der Waals surface area contributed by atoms with E-state index in [1.54, 1.807) is 6.07 Å². The van der Waals surface area contributed by atoms with Crippen LogP contribution in [0.2, 0.25) is 0 Å². The molecular weight excluding hydrogens is 319 g/mol. The van der Waals surface area contributed by atoms with Gasteiger partial charge in [-0.05, 0) is 37.9 Å². The van der Waals surface area contributed by atoms with Crippen LogP contribution >= 0.6 is 0 Å². The van der Waals surface area contributed by atoms with Crippen LogP contribution in [-0.4, -0.2) is 24.9 Å². The number of furan rings is 1. The van der Waals surface area contributed by atoms with Crippen molar-refractivity contribution in [1.29, 1.82) is 0 Å². The molecule has 2 N–H and O–H groups in total. The number of halogens is 1. The number of nitrogens with zero attached hydrogens (tertiary/aromatic N) is 1. The van der Waals surface area contributed by atoms with Crippen molar-refractivity contribution in [2.24, 2.45) is 5.73 Å². The molecule has 1 heterocycles. The van der Waals surface area contributed by atoms with Gasteiger partial charge in [-0.3, -0.25) is 4.79 Å². The van der Waals surface area contributed by atoms with Crippen molar-refractivity contribution in [3.05, 3.63) is 59.4 Å². The minimum Gasteiger partial charge on any atom is -0.455 e. The Labute approximate surface area is 147 Å². The third-order valence-corrected chi connectivity index (χ3v) is 3.58. The zero-order valence-corrected chi connectivity index (χ0v) is 15.0. The quantitative estimate of drug-likeness (QED) is 0.763. The molecule has 0 radical (unpaired) electrons. The minimum atomic E-state index is -0.711. The Bertz CT molecular complexity index is 867. The highest BCUT2D eigenvalue weighted by Crippen LogP contribution is 2.30. The molecule has 3 aromatic rings. The first-order chi connectivity index (χ1) is 11.9. The number of hydrogen-bond donors (Lipinski definition) is 1. The van der Waals surface area contributed by atoms with Gasteiger partial charge in [0.25, 0.3) is 5.91 Å². The molecule has 2 aromatic carbocycles. The molecule has 0 fully saturated rings. The highest BCUT2D eigenvalue weighted by molar-refractivity contribution is 6.04. The first-order valence-corrected chi connectivity index (χ1v) is 8.21. The van der Waals surface area contributed by atoms with E-state index in [9.17, 15) is 9.18 Å². The van der Waals surface area contributed by atoms with Crippen LogP contribution in [0.25, 0.3) is 22.3 Å². The zero-order valence-electron chi connectivity index (χ0n) is 15.0. The third-order valence-electron chi connectivity index (χ3n) is 3.58. The van der Waals surface area contributed by atoms with E-state index in [0.29, 0.717) is 16.7 Å². The van der Waals surface area contributed by atoms with Gasteiger partial charge in [-0.15, -0.1) is 0 Å². The van der Waals surface area contributed by atoms with Crippen LogP contribution in [0.1, 0.15) is 29.8 Å². The van der Waals surface area contributed by atoms with Crippen molar-refractivity contribution in [1.82, 2.24) is 4.90 Å². The second kappa shape index (κ2) is 7.94.